The van der Waals surface area contributed by atoms with Crippen molar-refractivity contribution in [3.8, 4) is 0 Å². The van der Waals surface area contributed by atoms with E-state index in [-0.39, 0.29) is 4.21 Å². The Kier molecular flexibility index (Phi) is 5.76. The first-order valence-electron chi connectivity index (χ1n) is 8.18. The van der Waals surface area contributed by atoms with Gasteiger partial charge in [0.05, 0.1) is 6.04 Å². The van der Waals surface area contributed by atoms with Crippen LogP contribution in [-0.4, -0.2) is 14.3 Å². The summed E-state index contributed by atoms with van der Waals surface area (Å²) in [5, 5.41) is 4.35. The lowest BCUT2D eigenvalue weighted by Crippen LogP contribution is -2.26. The Balaban J connectivity index is 1.67. The molecule has 1 heterocycles. The van der Waals surface area contributed by atoms with Crippen molar-refractivity contribution in [2.45, 2.75) is 17.2 Å². The first-order chi connectivity index (χ1) is 13.3. The van der Waals surface area contributed by atoms with Gasteiger partial charge in [0.2, 0.25) is 0 Å². The molecular weight excluding hydrogens is 406 g/mol. The minimum atomic E-state index is -3.66. The minimum Gasteiger partial charge on any atom is -0.346 e. The van der Waals surface area contributed by atoms with Crippen molar-refractivity contribution in [2.24, 2.45) is 0 Å². The Morgan fingerprint density at radius 2 is 1.75 bits per heavy atom. The van der Waals surface area contributed by atoms with E-state index >= 15 is 0 Å². The number of nitrogens with one attached hydrogen (secondary N) is 2. The third-order valence-corrected chi connectivity index (χ3v) is 6.73. The summed E-state index contributed by atoms with van der Waals surface area (Å²) in [7, 11) is -3.66. The molecule has 0 aliphatic heterocycles. The van der Waals surface area contributed by atoms with Crippen molar-refractivity contribution in [2.75, 3.05) is 4.72 Å². The molecule has 1 amide bonds. The second-order valence-electron chi connectivity index (χ2n) is 5.98. The molecule has 0 bridgehead atoms. The first-order valence-corrected chi connectivity index (χ1v) is 10.5. The number of hydrogen-bond acceptors (Lipinski definition) is 4. The molecule has 0 saturated carbocycles. The zero-order valence-corrected chi connectivity index (χ0v) is 16.3. The van der Waals surface area contributed by atoms with Gasteiger partial charge >= 0.3 is 0 Å². The molecule has 0 radical (unpaired) electrons. The number of carbonyl (C=O) groups is 1. The van der Waals surface area contributed by atoms with Gasteiger partial charge in [-0.15, -0.1) is 11.3 Å². The van der Waals surface area contributed by atoms with Crippen molar-refractivity contribution < 1.29 is 22.0 Å². The summed E-state index contributed by atoms with van der Waals surface area (Å²) in [4.78, 5) is 12.3. The zero-order chi connectivity index (χ0) is 20.3. The fourth-order valence-corrected chi connectivity index (χ4v) is 4.51. The van der Waals surface area contributed by atoms with Gasteiger partial charge in [-0.3, -0.25) is 9.52 Å². The van der Waals surface area contributed by atoms with Crippen molar-refractivity contribution in [3.63, 3.8) is 0 Å². The quantitative estimate of drug-likeness (QED) is 0.621. The Hall–Kier alpha value is -2.78. The highest BCUT2D eigenvalue weighted by Gasteiger charge is 2.16. The molecule has 3 aromatic rings. The molecule has 28 heavy (non-hydrogen) atoms. The van der Waals surface area contributed by atoms with Crippen LogP contribution in [-0.2, 0) is 10.0 Å². The average Bonchev–Trinajstić information content (AvgIpc) is 3.20. The van der Waals surface area contributed by atoms with Crippen LogP contribution >= 0.6 is 11.3 Å². The largest absolute Gasteiger partial charge is 0.346 e. The molecule has 146 valence electrons. The minimum absolute atomic E-state index is 0.190. The van der Waals surface area contributed by atoms with E-state index in [1.54, 1.807) is 18.4 Å². The number of sulfonamides is 1. The first kappa shape index (κ1) is 20.0. The van der Waals surface area contributed by atoms with Gasteiger partial charge in [-0.1, -0.05) is 12.1 Å². The van der Waals surface area contributed by atoms with E-state index in [4.69, 9.17) is 0 Å². The molecule has 1 aromatic heterocycles. The maximum absolute atomic E-state index is 13.3. The summed E-state index contributed by atoms with van der Waals surface area (Å²) in [6, 6.07) is 11.9. The molecule has 9 heteroatoms. The van der Waals surface area contributed by atoms with Gasteiger partial charge in [-0.25, -0.2) is 17.2 Å². The number of amides is 1. The van der Waals surface area contributed by atoms with Crippen LogP contribution in [0, 0.1) is 11.6 Å². The topological polar surface area (TPSA) is 75.3 Å². The van der Waals surface area contributed by atoms with Crippen molar-refractivity contribution in [1.29, 1.82) is 0 Å². The van der Waals surface area contributed by atoms with Crippen molar-refractivity contribution >= 4 is 33.0 Å². The van der Waals surface area contributed by atoms with Gasteiger partial charge in [0, 0.05) is 11.3 Å². The van der Waals surface area contributed by atoms with E-state index in [2.05, 4.69) is 10.0 Å². The highest BCUT2D eigenvalue weighted by atomic mass is 32.2. The molecule has 2 N–H and O–H groups in total. The Morgan fingerprint density at radius 3 is 2.36 bits per heavy atom. The Labute approximate surface area is 165 Å². The van der Waals surface area contributed by atoms with Crippen LogP contribution in [0.4, 0.5) is 14.5 Å². The van der Waals surface area contributed by atoms with Gasteiger partial charge < -0.3 is 5.32 Å². The van der Waals surface area contributed by atoms with E-state index in [1.807, 2.05) is 0 Å². The average molecular weight is 422 g/mol. The van der Waals surface area contributed by atoms with Gasteiger partial charge in [-0.05, 0) is 60.3 Å². The number of benzene rings is 2. The van der Waals surface area contributed by atoms with E-state index in [0.717, 1.165) is 23.5 Å². The van der Waals surface area contributed by atoms with Crippen LogP contribution < -0.4 is 10.0 Å². The van der Waals surface area contributed by atoms with Gasteiger partial charge in [0.15, 0.2) is 11.6 Å². The van der Waals surface area contributed by atoms with Crippen LogP contribution in [0.15, 0.2) is 64.2 Å². The third-order valence-electron chi connectivity index (χ3n) is 3.95. The predicted molar refractivity (Wildman–Crippen MR) is 104 cm³/mol. The highest BCUT2D eigenvalue weighted by Crippen LogP contribution is 2.21. The lowest BCUT2D eigenvalue weighted by molar-refractivity contribution is 0.0940. The normalized spacial score (nSPS) is 12.4. The number of hydrogen-bond donors (Lipinski definition) is 2. The summed E-state index contributed by atoms with van der Waals surface area (Å²) >= 11 is 1.10. The Bertz CT molecular complexity index is 1080. The molecule has 5 nitrogen and oxygen atoms in total. The van der Waals surface area contributed by atoms with Crippen molar-refractivity contribution in [3.05, 3.63) is 82.7 Å². The van der Waals surface area contributed by atoms with Crippen LogP contribution in [0.3, 0.4) is 0 Å². The lowest BCUT2D eigenvalue weighted by atomic mass is 10.1. The maximum Gasteiger partial charge on any atom is 0.271 e. The molecule has 0 saturated heterocycles. The smallest absolute Gasteiger partial charge is 0.271 e. The van der Waals surface area contributed by atoms with Crippen LogP contribution in [0.1, 0.15) is 28.9 Å². The van der Waals surface area contributed by atoms with Gasteiger partial charge in [-0.2, -0.15) is 0 Å². The van der Waals surface area contributed by atoms with E-state index in [1.165, 1.54) is 36.4 Å². The second kappa shape index (κ2) is 8.07. The third kappa shape index (κ3) is 4.55. The van der Waals surface area contributed by atoms with Crippen molar-refractivity contribution in [1.82, 2.24) is 5.32 Å². The monoisotopic (exact) mass is 422 g/mol. The molecule has 1 unspecified atom stereocenters. The number of thiophene rings is 1. The molecule has 3 rings (SSSR count). The summed E-state index contributed by atoms with van der Waals surface area (Å²) in [5.41, 5.74) is 1.04. The highest BCUT2D eigenvalue weighted by molar-refractivity contribution is 7.94. The molecule has 0 aliphatic rings. The standard InChI is InChI=1S/C19H16F2N2O3S2/c1-12(14-6-9-16(20)17(21)11-14)22-19(24)13-4-7-15(8-5-13)23-28(25,26)18-3-2-10-27-18/h2-12,23H,1H3,(H,22,24). The molecule has 2 aromatic carbocycles. The molecule has 0 aliphatic carbocycles. The molecule has 0 spiro atoms. The van der Waals surface area contributed by atoms with E-state index < -0.39 is 33.6 Å². The summed E-state index contributed by atoms with van der Waals surface area (Å²) < 4.78 is 53.4. The maximum atomic E-state index is 13.3. The molecule has 1 atom stereocenters. The Morgan fingerprint density at radius 1 is 1.04 bits per heavy atom. The summed E-state index contributed by atoms with van der Waals surface area (Å²) in [5.74, 6) is -2.37. The van der Waals surface area contributed by atoms with Crippen LogP contribution in [0.25, 0.3) is 0 Å². The van der Waals surface area contributed by atoms with Gasteiger partial charge in [0.25, 0.3) is 15.9 Å². The molecular formula is C19H16F2N2O3S2. The fourth-order valence-electron chi connectivity index (χ4n) is 2.46. The second-order valence-corrected chi connectivity index (χ2v) is 8.84. The van der Waals surface area contributed by atoms with Gasteiger partial charge in [0.1, 0.15) is 4.21 Å². The fraction of sp³-hybridized carbons (Fsp3) is 0.105. The zero-order valence-electron chi connectivity index (χ0n) is 14.6. The summed E-state index contributed by atoms with van der Waals surface area (Å²) in [6.45, 7) is 1.65. The van der Waals surface area contributed by atoms with Crippen LogP contribution in [0.5, 0.6) is 0 Å². The van der Waals surface area contributed by atoms with E-state index in [0.29, 0.717) is 16.8 Å². The summed E-state index contributed by atoms with van der Waals surface area (Å²) in [6.07, 6.45) is 0. The molecule has 0 fully saturated rings. The number of halogens is 2. The van der Waals surface area contributed by atoms with E-state index in [9.17, 15) is 22.0 Å². The number of rotatable bonds is 6. The number of anilines is 1. The van der Waals surface area contributed by atoms with Crippen LogP contribution in [0.2, 0.25) is 0 Å². The SMILES string of the molecule is CC(NC(=O)c1ccc(NS(=O)(=O)c2cccs2)cc1)c1ccc(F)c(F)c1. The predicted octanol–water partition coefficient (Wildman–Crippen LogP) is 4.32. The lowest BCUT2D eigenvalue weighted by Gasteiger charge is -2.15. The number of carbonyl (C=O) groups excluding carboxylic acids is 1.